The third-order valence-electron chi connectivity index (χ3n) is 13.7. The van der Waals surface area contributed by atoms with Gasteiger partial charge < -0.3 is 40.8 Å². The van der Waals surface area contributed by atoms with Crippen LogP contribution in [0.4, 0.5) is 0 Å². The molecule has 2 aromatic rings. The lowest BCUT2D eigenvalue weighted by Crippen LogP contribution is -2.60. The maximum absolute atomic E-state index is 15.1. The molecule has 0 saturated carbocycles. The minimum Gasteiger partial charge on any atom is -0.417 e. The van der Waals surface area contributed by atoms with Crippen LogP contribution >= 0.6 is 0 Å². The Morgan fingerprint density at radius 3 is 1.61 bits per heavy atom. The highest BCUT2D eigenvalue weighted by atomic mass is 16.6. The highest BCUT2D eigenvalue weighted by Gasteiger charge is 2.40. The second-order valence-electron chi connectivity index (χ2n) is 20.6. The second-order valence-corrected chi connectivity index (χ2v) is 20.6. The Hall–Kier alpha value is -5.66. The van der Waals surface area contributed by atoms with Gasteiger partial charge in [0.1, 0.15) is 49.4 Å². The number of nitrogens with one attached hydrogen (secondary N) is 4. The zero-order chi connectivity index (χ0) is 52.4. The molecule has 1 fully saturated rings. The van der Waals surface area contributed by atoms with Crippen molar-refractivity contribution in [2.24, 2.45) is 23.7 Å². The summed E-state index contributed by atoms with van der Waals surface area (Å²) in [4.78, 5) is 113. The number of amides is 7. The monoisotopic (exact) mass is 976 g/mol. The van der Waals surface area contributed by atoms with E-state index < -0.39 is 83.6 Å². The number of hydrogen-bond donors (Lipinski definition) is 4. The van der Waals surface area contributed by atoms with Crippen LogP contribution in [0.2, 0.25) is 0 Å². The number of para-hydroxylation sites is 1. The Kier molecular flexibility index (Phi) is 23.7. The van der Waals surface area contributed by atoms with E-state index in [0.29, 0.717) is 5.56 Å². The summed E-state index contributed by atoms with van der Waals surface area (Å²) in [7, 11) is 6.03. The first kappa shape index (κ1) is 58.7. The Morgan fingerprint density at radius 1 is 0.629 bits per heavy atom. The molecule has 1 aliphatic rings. The van der Waals surface area contributed by atoms with Gasteiger partial charge in [0.05, 0.1) is 11.6 Å². The van der Waals surface area contributed by atoms with Gasteiger partial charge in [-0.2, -0.15) is 9.99 Å². The van der Waals surface area contributed by atoms with Gasteiger partial charge in [-0.1, -0.05) is 112 Å². The van der Waals surface area contributed by atoms with Crippen LogP contribution in [0.15, 0.2) is 30.5 Å². The lowest BCUT2D eigenvalue weighted by atomic mass is 9.94. The first-order valence-electron chi connectivity index (χ1n) is 25.6. The molecular formula is C53H85N9O8. The van der Waals surface area contributed by atoms with Gasteiger partial charge in [-0.15, -0.1) is 0 Å². The largest absolute Gasteiger partial charge is 0.417 e. The topological polar surface area (TPSA) is 215 Å². The van der Waals surface area contributed by atoms with Crippen molar-refractivity contribution in [2.75, 3.05) is 28.3 Å². The van der Waals surface area contributed by atoms with Crippen LogP contribution in [0.1, 0.15) is 145 Å². The maximum Gasteiger partial charge on any atom is 0.245 e. The van der Waals surface area contributed by atoms with Crippen LogP contribution in [-0.2, 0) is 40.0 Å². The average molecular weight is 976 g/mol. The second kappa shape index (κ2) is 28.3. The van der Waals surface area contributed by atoms with Crippen molar-refractivity contribution in [1.29, 1.82) is 5.26 Å². The van der Waals surface area contributed by atoms with E-state index in [4.69, 9.17) is 4.84 Å². The van der Waals surface area contributed by atoms with E-state index in [-0.39, 0.29) is 68.6 Å². The SMILES string of the molecule is CCCCC(C)CC1NC(=O)C(CCC#N)NC(=O)[C@H](C)N(C)C(=O)[C@H](CC(C)CCCC)NC(=O)[C@H](Cc2cn(OC)c3ccccc23)N(C)C(=O)[C@H](CC(C)C)NC(=O)[C@H](CC(C)C)N(C)C1=O. The van der Waals surface area contributed by atoms with E-state index in [0.717, 1.165) is 49.4 Å². The molecule has 4 N–H and O–H groups in total. The molecule has 1 saturated heterocycles. The smallest absolute Gasteiger partial charge is 0.245 e. The van der Waals surface area contributed by atoms with Gasteiger partial charge in [0, 0.05) is 45.6 Å². The molecule has 9 atom stereocenters. The molecule has 0 spiro atoms. The van der Waals surface area contributed by atoms with Crippen LogP contribution in [0.25, 0.3) is 10.9 Å². The van der Waals surface area contributed by atoms with Crippen LogP contribution < -0.4 is 26.1 Å². The van der Waals surface area contributed by atoms with Crippen molar-refractivity contribution in [3.8, 4) is 6.07 Å². The van der Waals surface area contributed by atoms with E-state index >= 15 is 9.59 Å². The molecule has 70 heavy (non-hydrogen) atoms. The van der Waals surface area contributed by atoms with Crippen molar-refractivity contribution in [1.82, 2.24) is 40.7 Å². The summed E-state index contributed by atoms with van der Waals surface area (Å²) in [5.74, 6) is -4.38. The van der Waals surface area contributed by atoms with E-state index in [1.807, 2.05) is 71.9 Å². The Bertz CT molecular complexity index is 2120. The number of unbranched alkanes of at least 4 members (excludes halogenated alkanes) is 2. The molecular weight excluding hydrogens is 891 g/mol. The molecule has 390 valence electrons. The highest BCUT2D eigenvalue weighted by Crippen LogP contribution is 2.25. The predicted octanol–water partition coefficient (Wildman–Crippen LogP) is 5.52. The quantitative estimate of drug-likeness (QED) is 0.139. The molecule has 0 bridgehead atoms. The molecule has 0 aliphatic carbocycles. The third kappa shape index (κ3) is 16.5. The molecule has 17 heteroatoms. The summed E-state index contributed by atoms with van der Waals surface area (Å²) in [5, 5.41) is 22.1. The van der Waals surface area contributed by atoms with Gasteiger partial charge in [-0.05, 0) is 74.3 Å². The molecule has 1 aliphatic heterocycles. The number of rotatable bonds is 19. The molecule has 0 radical (unpaired) electrons. The highest BCUT2D eigenvalue weighted by molar-refractivity contribution is 5.99. The van der Waals surface area contributed by atoms with Crippen molar-refractivity contribution >= 4 is 52.3 Å². The number of carbonyl (C=O) groups excluding carboxylic acids is 7. The molecule has 1 aromatic heterocycles. The lowest BCUT2D eigenvalue weighted by Gasteiger charge is -2.35. The fraction of sp³-hybridized carbons (Fsp3) is 0.698. The Balaban J connectivity index is 2.33. The van der Waals surface area contributed by atoms with Crippen molar-refractivity contribution in [3.63, 3.8) is 0 Å². The average Bonchev–Trinajstić information content (AvgIpc) is 3.68. The number of hydrogen-bond acceptors (Lipinski definition) is 9. The summed E-state index contributed by atoms with van der Waals surface area (Å²) in [6, 6.07) is 1.53. The summed E-state index contributed by atoms with van der Waals surface area (Å²) < 4.78 is 1.58. The number of benzene rings is 1. The minimum atomic E-state index is -1.25. The van der Waals surface area contributed by atoms with Crippen molar-refractivity contribution in [2.45, 2.75) is 188 Å². The Labute approximate surface area is 417 Å². The molecule has 1 aromatic carbocycles. The lowest BCUT2D eigenvalue weighted by molar-refractivity contribution is -0.146. The molecule has 4 unspecified atom stereocenters. The molecule has 17 nitrogen and oxygen atoms in total. The van der Waals surface area contributed by atoms with E-state index in [9.17, 15) is 29.2 Å². The van der Waals surface area contributed by atoms with Crippen LogP contribution in [-0.4, -0.2) is 131 Å². The van der Waals surface area contributed by atoms with Gasteiger partial charge >= 0.3 is 0 Å². The number of carbonyl (C=O) groups is 7. The van der Waals surface area contributed by atoms with Crippen LogP contribution in [0.3, 0.4) is 0 Å². The minimum absolute atomic E-state index is 0.00460. The van der Waals surface area contributed by atoms with Gasteiger partial charge in [0.2, 0.25) is 41.4 Å². The summed E-state index contributed by atoms with van der Waals surface area (Å²) in [6.45, 7) is 17.4. The zero-order valence-electron chi connectivity index (χ0n) is 44.4. The van der Waals surface area contributed by atoms with Crippen molar-refractivity contribution < 1.29 is 38.4 Å². The fourth-order valence-corrected chi connectivity index (χ4v) is 9.30. The normalized spacial score (nSPS) is 23.9. The zero-order valence-corrected chi connectivity index (χ0v) is 44.4. The van der Waals surface area contributed by atoms with Crippen LogP contribution in [0, 0.1) is 35.0 Å². The Morgan fingerprint density at radius 2 is 1.10 bits per heavy atom. The van der Waals surface area contributed by atoms with Crippen LogP contribution in [0.5, 0.6) is 0 Å². The fourth-order valence-electron chi connectivity index (χ4n) is 9.30. The van der Waals surface area contributed by atoms with Gasteiger partial charge in [-0.25, -0.2) is 0 Å². The molecule has 7 amide bonds. The first-order chi connectivity index (χ1) is 33.1. The van der Waals surface area contributed by atoms with E-state index in [1.165, 1.54) is 49.9 Å². The van der Waals surface area contributed by atoms with E-state index in [2.05, 4.69) is 35.1 Å². The van der Waals surface area contributed by atoms with Crippen molar-refractivity contribution in [3.05, 3.63) is 36.0 Å². The molecule has 2 heterocycles. The number of likely N-dealkylation sites (N-methyl/N-ethyl adjacent to an activating group) is 3. The van der Waals surface area contributed by atoms with E-state index in [1.54, 1.807) is 10.9 Å². The van der Waals surface area contributed by atoms with Gasteiger partial charge in [0.15, 0.2) is 0 Å². The number of aromatic nitrogens is 1. The summed E-state index contributed by atoms with van der Waals surface area (Å²) in [5.41, 5.74) is 1.44. The standard InChI is InChI=1S/C53H85N9O8/c1-14-16-21-35(7)29-42-51(67)59(10)37(9)47(63)55-40(24-20-26-54)48(64)56-43(30-36(8)22-17-15-2)53(69)60(11)45(28-34(5)6)49(65)57-41(27-33(3)4)52(68)61(12)46(50(66)58-42)31-38-32-62(70-13)44-25-19-18-23-39(38)44/h18-19,23,25,32-37,40-43,45-46H,14-17,20-22,24,27-31H2,1-13H3,(H,55,63)(H,56,64)(H,57,65)(H,58,66)/t35?,36?,37-,40?,41-,42-,43?,45-,46-/m0/s1. The first-order valence-corrected chi connectivity index (χ1v) is 25.6. The summed E-state index contributed by atoms with van der Waals surface area (Å²) >= 11 is 0. The number of nitrogens with zero attached hydrogens (tertiary/aromatic N) is 5. The number of fused-ring (bicyclic) bond motifs is 1. The number of nitriles is 1. The van der Waals surface area contributed by atoms with Gasteiger partial charge in [0.25, 0.3) is 0 Å². The molecule has 3 rings (SSSR count). The predicted molar refractivity (Wildman–Crippen MR) is 272 cm³/mol. The van der Waals surface area contributed by atoms with Gasteiger partial charge in [-0.3, -0.25) is 33.6 Å². The maximum atomic E-state index is 15.1. The summed E-state index contributed by atoms with van der Waals surface area (Å²) in [6.07, 6.45) is 7.68. The third-order valence-corrected chi connectivity index (χ3v) is 13.7.